The van der Waals surface area contributed by atoms with Crippen molar-refractivity contribution in [3.8, 4) is 5.75 Å². The second-order valence-corrected chi connectivity index (χ2v) is 3.74. The normalized spacial score (nSPS) is 10.1. The highest BCUT2D eigenvalue weighted by atomic mass is 16.6. The number of nitrogens with zero attached hydrogens (tertiary/aromatic N) is 3. The van der Waals surface area contributed by atoms with E-state index in [0.29, 0.717) is 5.75 Å². The fourth-order valence-corrected chi connectivity index (χ4v) is 1.46. The lowest BCUT2D eigenvalue weighted by Gasteiger charge is -2.05. The average Bonchev–Trinajstić information content (AvgIpc) is 2.93. The summed E-state index contributed by atoms with van der Waals surface area (Å²) in [6.45, 7) is 0.0129. The number of nitrogens with one attached hydrogen (secondary N) is 1. The number of nitro groups is 1. The molecule has 0 unspecified atom stereocenters. The molecular formula is C11H11N5O4. The molecule has 2 rings (SSSR count). The van der Waals surface area contributed by atoms with Gasteiger partial charge in [-0.05, 0) is 12.1 Å². The van der Waals surface area contributed by atoms with Gasteiger partial charge in [0.15, 0.2) is 12.4 Å². The molecule has 20 heavy (non-hydrogen) atoms. The summed E-state index contributed by atoms with van der Waals surface area (Å²) in [5, 5.41) is 14.5. The van der Waals surface area contributed by atoms with E-state index in [4.69, 9.17) is 10.6 Å². The number of carbonyl (C=O) groups excluding carboxylic acids is 1. The molecule has 0 spiro atoms. The van der Waals surface area contributed by atoms with Crippen molar-refractivity contribution in [2.75, 3.05) is 0 Å². The fourth-order valence-electron chi connectivity index (χ4n) is 1.46. The SMILES string of the molecule is NNC(=O)c1ccn(COc2cccc([N+](=O)[O-])c2)n1. The molecule has 0 radical (unpaired) electrons. The van der Waals surface area contributed by atoms with Crippen LogP contribution in [0.4, 0.5) is 5.69 Å². The van der Waals surface area contributed by atoms with Gasteiger partial charge in [-0.1, -0.05) is 6.07 Å². The van der Waals surface area contributed by atoms with Crippen LogP contribution in [0.2, 0.25) is 0 Å². The molecule has 0 aliphatic carbocycles. The predicted octanol–water partition coefficient (Wildman–Crippen LogP) is 0.431. The van der Waals surface area contributed by atoms with Crippen molar-refractivity contribution in [1.29, 1.82) is 0 Å². The molecule has 9 nitrogen and oxygen atoms in total. The number of nitrogen functional groups attached to an aromatic ring is 1. The molecule has 0 saturated carbocycles. The lowest BCUT2D eigenvalue weighted by molar-refractivity contribution is -0.384. The minimum atomic E-state index is -0.515. The second kappa shape index (κ2) is 5.80. The molecule has 0 fully saturated rings. The number of nitrogens with two attached hydrogens (primary N) is 1. The van der Waals surface area contributed by atoms with Gasteiger partial charge in [0.1, 0.15) is 5.75 Å². The van der Waals surface area contributed by atoms with Crippen molar-refractivity contribution in [3.63, 3.8) is 0 Å². The molecule has 1 aromatic carbocycles. The van der Waals surface area contributed by atoms with Crippen LogP contribution in [0.25, 0.3) is 0 Å². The van der Waals surface area contributed by atoms with Gasteiger partial charge in [-0.25, -0.2) is 10.5 Å². The highest BCUT2D eigenvalue weighted by Crippen LogP contribution is 2.19. The van der Waals surface area contributed by atoms with E-state index in [9.17, 15) is 14.9 Å². The maximum absolute atomic E-state index is 11.2. The number of benzene rings is 1. The van der Waals surface area contributed by atoms with Crippen LogP contribution in [0.5, 0.6) is 5.75 Å². The molecule has 104 valence electrons. The average molecular weight is 277 g/mol. The highest BCUT2D eigenvalue weighted by molar-refractivity contribution is 5.91. The van der Waals surface area contributed by atoms with Gasteiger partial charge < -0.3 is 4.74 Å². The van der Waals surface area contributed by atoms with Gasteiger partial charge in [0, 0.05) is 12.3 Å². The van der Waals surface area contributed by atoms with E-state index in [1.165, 1.54) is 35.1 Å². The largest absolute Gasteiger partial charge is 0.471 e. The third-order valence-electron chi connectivity index (χ3n) is 2.40. The summed E-state index contributed by atoms with van der Waals surface area (Å²) >= 11 is 0. The Labute approximate surface area is 113 Å². The number of ether oxygens (including phenoxy) is 1. The van der Waals surface area contributed by atoms with Crippen molar-refractivity contribution in [1.82, 2.24) is 15.2 Å². The van der Waals surface area contributed by atoms with E-state index in [-0.39, 0.29) is 18.1 Å². The zero-order chi connectivity index (χ0) is 14.5. The number of non-ortho nitro benzene ring substituents is 1. The maximum atomic E-state index is 11.2. The first-order valence-electron chi connectivity index (χ1n) is 5.52. The van der Waals surface area contributed by atoms with Gasteiger partial charge in [-0.15, -0.1) is 0 Å². The Morgan fingerprint density at radius 1 is 1.50 bits per heavy atom. The highest BCUT2D eigenvalue weighted by Gasteiger charge is 2.09. The molecule has 1 amide bonds. The Kier molecular flexibility index (Phi) is 3.91. The van der Waals surface area contributed by atoms with Crippen LogP contribution >= 0.6 is 0 Å². The van der Waals surface area contributed by atoms with E-state index in [1.807, 2.05) is 5.43 Å². The molecule has 0 aliphatic rings. The number of hydrazine groups is 1. The van der Waals surface area contributed by atoms with E-state index in [1.54, 1.807) is 6.07 Å². The van der Waals surface area contributed by atoms with E-state index >= 15 is 0 Å². The summed E-state index contributed by atoms with van der Waals surface area (Å²) in [5.41, 5.74) is 2.04. The number of nitro benzene ring substituents is 1. The quantitative estimate of drug-likeness (QED) is 0.353. The monoisotopic (exact) mass is 277 g/mol. The molecule has 3 N–H and O–H groups in total. The standard InChI is InChI=1S/C11H11N5O4/c12-13-11(17)10-4-5-15(14-10)7-20-9-3-1-2-8(6-9)16(18)19/h1-6H,7,12H2,(H,13,17). The van der Waals surface area contributed by atoms with Crippen molar-refractivity contribution in [3.05, 3.63) is 52.3 Å². The zero-order valence-corrected chi connectivity index (χ0v) is 10.2. The van der Waals surface area contributed by atoms with Crippen LogP contribution in [0.15, 0.2) is 36.5 Å². The lowest BCUT2D eigenvalue weighted by atomic mass is 10.3. The summed E-state index contributed by atoms with van der Waals surface area (Å²) in [7, 11) is 0. The Bertz CT molecular complexity index is 639. The van der Waals surface area contributed by atoms with Gasteiger partial charge >= 0.3 is 0 Å². The molecule has 1 aromatic heterocycles. The third kappa shape index (κ3) is 3.09. The maximum Gasteiger partial charge on any atom is 0.285 e. The van der Waals surface area contributed by atoms with Crippen LogP contribution in [0, 0.1) is 10.1 Å². The first kappa shape index (κ1) is 13.5. The van der Waals surface area contributed by atoms with Crippen LogP contribution in [-0.4, -0.2) is 20.6 Å². The molecule has 9 heteroatoms. The minimum Gasteiger partial charge on any atom is -0.471 e. The van der Waals surface area contributed by atoms with Gasteiger partial charge in [-0.3, -0.25) is 20.3 Å². The Morgan fingerprint density at radius 2 is 2.30 bits per heavy atom. The summed E-state index contributed by atoms with van der Waals surface area (Å²) in [6, 6.07) is 7.24. The Morgan fingerprint density at radius 3 is 3.00 bits per heavy atom. The summed E-state index contributed by atoms with van der Waals surface area (Å²) in [6.07, 6.45) is 1.53. The molecule has 0 saturated heterocycles. The predicted molar refractivity (Wildman–Crippen MR) is 67.6 cm³/mol. The van der Waals surface area contributed by atoms with Crippen molar-refractivity contribution in [2.24, 2.45) is 5.84 Å². The first-order valence-corrected chi connectivity index (χ1v) is 5.52. The van der Waals surface area contributed by atoms with E-state index in [2.05, 4.69) is 5.10 Å². The third-order valence-corrected chi connectivity index (χ3v) is 2.40. The minimum absolute atomic E-state index is 0.0129. The summed E-state index contributed by atoms with van der Waals surface area (Å²) in [5.74, 6) is 4.80. The molecule has 1 heterocycles. The number of carbonyl (C=O) groups is 1. The smallest absolute Gasteiger partial charge is 0.285 e. The van der Waals surface area contributed by atoms with Crippen LogP contribution in [-0.2, 0) is 6.73 Å². The van der Waals surface area contributed by atoms with Crippen molar-refractivity contribution < 1.29 is 14.5 Å². The zero-order valence-electron chi connectivity index (χ0n) is 10.2. The first-order chi connectivity index (χ1) is 9.60. The number of rotatable bonds is 5. The van der Waals surface area contributed by atoms with Gasteiger partial charge in [0.2, 0.25) is 0 Å². The molecule has 0 bridgehead atoms. The molecule has 2 aromatic rings. The Balaban J connectivity index is 2.01. The van der Waals surface area contributed by atoms with Crippen molar-refractivity contribution in [2.45, 2.75) is 6.73 Å². The number of hydrogen-bond donors (Lipinski definition) is 2. The van der Waals surface area contributed by atoms with Gasteiger partial charge in [-0.2, -0.15) is 5.10 Å². The van der Waals surface area contributed by atoms with Gasteiger partial charge in [0.05, 0.1) is 11.0 Å². The lowest BCUT2D eigenvalue weighted by Crippen LogP contribution is -2.30. The number of amides is 1. The van der Waals surface area contributed by atoms with Crippen molar-refractivity contribution >= 4 is 11.6 Å². The van der Waals surface area contributed by atoms with E-state index < -0.39 is 10.8 Å². The number of hydrogen-bond acceptors (Lipinski definition) is 6. The molecule has 0 aliphatic heterocycles. The summed E-state index contributed by atoms with van der Waals surface area (Å²) < 4.78 is 6.71. The topological polar surface area (TPSA) is 125 Å². The summed E-state index contributed by atoms with van der Waals surface area (Å²) in [4.78, 5) is 21.3. The van der Waals surface area contributed by atoms with Crippen LogP contribution < -0.4 is 16.0 Å². The molecular weight excluding hydrogens is 266 g/mol. The second-order valence-electron chi connectivity index (χ2n) is 3.74. The fraction of sp³-hybridized carbons (Fsp3) is 0.0909. The molecule has 0 atom stereocenters. The van der Waals surface area contributed by atoms with Crippen LogP contribution in [0.3, 0.4) is 0 Å². The van der Waals surface area contributed by atoms with Crippen LogP contribution in [0.1, 0.15) is 10.5 Å². The van der Waals surface area contributed by atoms with Gasteiger partial charge in [0.25, 0.3) is 11.6 Å². The van der Waals surface area contributed by atoms with E-state index in [0.717, 1.165) is 0 Å². The Hall–Kier alpha value is -2.94. The number of aromatic nitrogens is 2.